The minimum Gasteiger partial charge on any atom is -0.280 e. The average molecular weight is 284 g/mol. The molecule has 2 rings (SSSR count). The first-order valence-electron chi connectivity index (χ1n) is 5.85. The highest BCUT2D eigenvalue weighted by atomic mass is 32.2. The minimum atomic E-state index is -3.60. The molecule has 100 valence electrons. The first-order chi connectivity index (χ1) is 9.59. The van der Waals surface area contributed by atoms with Crippen molar-refractivity contribution in [2.75, 3.05) is 4.72 Å². The van der Waals surface area contributed by atoms with Crippen molar-refractivity contribution in [3.8, 4) is 6.07 Å². The van der Waals surface area contributed by atoms with Gasteiger partial charge in [-0.1, -0.05) is 36.4 Å². The molecule has 0 radical (unpaired) electrons. The summed E-state index contributed by atoms with van der Waals surface area (Å²) in [6, 6.07) is 17.4. The number of nitrogens with zero attached hydrogens (tertiary/aromatic N) is 1. The van der Waals surface area contributed by atoms with Crippen LogP contribution in [0.15, 0.2) is 60.0 Å². The van der Waals surface area contributed by atoms with Crippen molar-refractivity contribution in [3.63, 3.8) is 0 Å². The van der Waals surface area contributed by atoms with Crippen LogP contribution in [0, 0.1) is 11.3 Å². The molecule has 0 atom stereocenters. The summed E-state index contributed by atoms with van der Waals surface area (Å²) in [5.74, 6) is 0. The third-order valence-electron chi connectivity index (χ3n) is 2.49. The van der Waals surface area contributed by atoms with E-state index in [4.69, 9.17) is 5.26 Å². The second-order valence-electron chi connectivity index (χ2n) is 4.05. The van der Waals surface area contributed by atoms with Crippen LogP contribution in [-0.4, -0.2) is 8.42 Å². The van der Waals surface area contributed by atoms with Crippen LogP contribution in [-0.2, 0) is 10.0 Å². The smallest absolute Gasteiger partial charge is 0.255 e. The number of hydrogen-bond acceptors (Lipinski definition) is 3. The monoisotopic (exact) mass is 284 g/mol. The highest BCUT2D eigenvalue weighted by Gasteiger charge is 2.05. The molecule has 0 unspecified atom stereocenters. The molecule has 0 bridgehead atoms. The van der Waals surface area contributed by atoms with Gasteiger partial charge in [0.05, 0.1) is 22.7 Å². The van der Waals surface area contributed by atoms with Crippen LogP contribution in [0.4, 0.5) is 5.69 Å². The number of benzene rings is 2. The summed E-state index contributed by atoms with van der Waals surface area (Å²) in [7, 11) is -3.60. The number of nitrogens with one attached hydrogen (secondary N) is 1. The second kappa shape index (κ2) is 6.04. The van der Waals surface area contributed by atoms with Gasteiger partial charge in [0.2, 0.25) is 0 Å². The summed E-state index contributed by atoms with van der Waals surface area (Å²) in [6.07, 6.45) is 1.51. The van der Waals surface area contributed by atoms with Gasteiger partial charge in [-0.2, -0.15) is 5.26 Å². The van der Waals surface area contributed by atoms with E-state index in [1.54, 1.807) is 18.2 Å². The van der Waals surface area contributed by atoms with Gasteiger partial charge in [0.25, 0.3) is 10.0 Å². The summed E-state index contributed by atoms with van der Waals surface area (Å²) >= 11 is 0. The Labute approximate surface area is 118 Å². The van der Waals surface area contributed by atoms with E-state index in [0.717, 1.165) is 11.0 Å². The van der Waals surface area contributed by atoms with E-state index in [1.807, 2.05) is 36.4 Å². The molecule has 0 aliphatic rings. The molecule has 0 heterocycles. The minimum absolute atomic E-state index is 0.363. The van der Waals surface area contributed by atoms with Gasteiger partial charge < -0.3 is 0 Å². The average Bonchev–Trinajstić information content (AvgIpc) is 2.46. The van der Waals surface area contributed by atoms with E-state index >= 15 is 0 Å². The lowest BCUT2D eigenvalue weighted by atomic mass is 10.2. The molecule has 0 amide bonds. The maximum Gasteiger partial charge on any atom is 0.255 e. The predicted octanol–water partition coefficient (Wildman–Crippen LogP) is 2.97. The zero-order chi connectivity index (χ0) is 14.4. The molecule has 0 spiro atoms. The standard InChI is InChI=1S/C15H12N2O2S/c16-12-14-7-4-8-15(11-14)17-20(18,19)10-9-13-5-2-1-3-6-13/h1-11,17H/b10-9+. The van der Waals surface area contributed by atoms with Crippen molar-refractivity contribution < 1.29 is 8.42 Å². The van der Waals surface area contributed by atoms with E-state index in [-0.39, 0.29) is 0 Å². The molecular weight excluding hydrogens is 272 g/mol. The molecule has 5 heteroatoms. The van der Waals surface area contributed by atoms with Gasteiger partial charge in [-0.3, -0.25) is 4.72 Å². The van der Waals surface area contributed by atoms with Crippen LogP contribution in [0.3, 0.4) is 0 Å². The van der Waals surface area contributed by atoms with E-state index < -0.39 is 10.0 Å². The van der Waals surface area contributed by atoms with Gasteiger partial charge in [0.15, 0.2) is 0 Å². The molecular formula is C15H12N2O2S. The van der Waals surface area contributed by atoms with Gasteiger partial charge in [0.1, 0.15) is 0 Å². The first kappa shape index (κ1) is 13.8. The van der Waals surface area contributed by atoms with E-state index in [0.29, 0.717) is 11.3 Å². The van der Waals surface area contributed by atoms with Crippen LogP contribution in [0.1, 0.15) is 11.1 Å². The lowest BCUT2D eigenvalue weighted by molar-refractivity contribution is 0.609. The number of anilines is 1. The fourth-order valence-electron chi connectivity index (χ4n) is 1.58. The zero-order valence-corrected chi connectivity index (χ0v) is 11.3. The highest BCUT2D eigenvalue weighted by Crippen LogP contribution is 2.13. The SMILES string of the molecule is N#Cc1cccc(NS(=O)(=O)/C=C/c2ccccc2)c1. The summed E-state index contributed by atoms with van der Waals surface area (Å²) in [5, 5.41) is 9.87. The van der Waals surface area contributed by atoms with Gasteiger partial charge in [0, 0.05) is 0 Å². The van der Waals surface area contributed by atoms with Gasteiger partial charge in [-0.05, 0) is 29.8 Å². The summed E-state index contributed by atoms with van der Waals surface area (Å²) in [6.45, 7) is 0. The Hall–Kier alpha value is -2.58. The van der Waals surface area contributed by atoms with Crippen molar-refractivity contribution in [2.45, 2.75) is 0 Å². The molecule has 20 heavy (non-hydrogen) atoms. The molecule has 0 fully saturated rings. The highest BCUT2D eigenvalue weighted by molar-refractivity contribution is 7.95. The summed E-state index contributed by atoms with van der Waals surface area (Å²) < 4.78 is 26.2. The maximum absolute atomic E-state index is 11.9. The van der Waals surface area contributed by atoms with Gasteiger partial charge in [-0.25, -0.2) is 8.42 Å². The predicted molar refractivity (Wildman–Crippen MR) is 79.2 cm³/mol. The van der Waals surface area contributed by atoms with Crippen LogP contribution in [0.25, 0.3) is 6.08 Å². The number of rotatable bonds is 4. The van der Waals surface area contributed by atoms with Crippen LogP contribution in [0.5, 0.6) is 0 Å². The Morgan fingerprint density at radius 2 is 1.80 bits per heavy atom. The number of sulfonamides is 1. The zero-order valence-electron chi connectivity index (χ0n) is 10.5. The van der Waals surface area contributed by atoms with E-state index in [2.05, 4.69) is 4.72 Å². The van der Waals surface area contributed by atoms with Gasteiger partial charge >= 0.3 is 0 Å². The van der Waals surface area contributed by atoms with Crippen LogP contribution < -0.4 is 4.72 Å². The van der Waals surface area contributed by atoms with Gasteiger partial charge in [-0.15, -0.1) is 0 Å². The Morgan fingerprint density at radius 1 is 1.05 bits per heavy atom. The lowest BCUT2D eigenvalue weighted by Crippen LogP contribution is -2.08. The normalized spacial score (nSPS) is 11.2. The Kier molecular flexibility index (Phi) is 4.18. The Bertz CT molecular complexity index is 760. The number of hydrogen-bond donors (Lipinski definition) is 1. The van der Waals surface area contributed by atoms with Crippen molar-refractivity contribution in [1.29, 1.82) is 5.26 Å². The second-order valence-corrected chi connectivity index (χ2v) is 5.62. The third kappa shape index (κ3) is 3.97. The molecule has 0 saturated carbocycles. The van der Waals surface area contributed by atoms with Crippen molar-refractivity contribution in [3.05, 3.63) is 71.1 Å². The molecule has 4 nitrogen and oxygen atoms in total. The maximum atomic E-state index is 11.9. The molecule has 1 N–H and O–H groups in total. The third-order valence-corrected chi connectivity index (χ3v) is 3.51. The lowest BCUT2D eigenvalue weighted by Gasteiger charge is -2.04. The molecule has 0 aromatic heterocycles. The van der Waals surface area contributed by atoms with Crippen molar-refractivity contribution in [2.24, 2.45) is 0 Å². The summed E-state index contributed by atoms with van der Waals surface area (Å²) in [4.78, 5) is 0. The number of nitriles is 1. The fourth-order valence-corrected chi connectivity index (χ4v) is 2.44. The van der Waals surface area contributed by atoms with Crippen LogP contribution in [0.2, 0.25) is 0 Å². The summed E-state index contributed by atoms with van der Waals surface area (Å²) in [5.41, 5.74) is 1.56. The van der Waals surface area contributed by atoms with Crippen LogP contribution >= 0.6 is 0 Å². The fraction of sp³-hybridized carbons (Fsp3) is 0. The molecule has 0 aliphatic carbocycles. The quantitative estimate of drug-likeness (QED) is 0.938. The van der Waals surface area contributed by atoms with Crippen molar-refractivity contribution >= 4 is 21.8 Å². The Morgan fingerprint density at radius 3 is 2.50 bits per heavy atom. The van der Waals surface area contributed by atoms with E-state index in [1.165, 1.54) is 12.1 Å². The Balaban J connectivity index is 2.15. The molecule has 2 aromatic carbocycles. The first-order valence-corrected chi connectivity index (χ1v) is 7.40. The molecule has 0 aliphatic heterocycles. The van der Waals surface area contributed by atoms with Crippen molar-refractivity contribution in [1.82, 2.24) is 0 Å². The topological polar surface area (TPSA) is 70.0 Å². The molecule has 2 aromatic rings. The largest absolute Gasteiger partial charge is 0.280 e. The molecule has 0 saturated heterocycles. The van der Waals surface area contributed by atoms with E-state index in [9.17, 15) is 8.42 Å².